The smallest absolute Gasteiger partial charge is 0.224 e. The first-order valence-electron chi connectivity index (χ1n) is 10.0. The summed E-state index contributed by atoms with van der Waals surface area (Å²) in [5.74, 6) is 0.770. The Morgan fingerprint density at radius 1 is 1.17 bits per heavy atom. The number of tetrazole rings is 1. The third-order valence-corrected chi connectivity index (χ3v) is 5.31. The number of nitrogens with one attached hydrogen (secondary N) is 2. The van der Waals surface area contributed by atoms with Crippen molar-refractivity contribution in [1.82, 2.24) is 25.2 Å². The Labute approximate surface area is 168 Å². The zero-order valence-electron chi connectivity index (χ0n) is 16.0. The number of aryl methyl sites for hydroxylation is 1. The Kier molecular flexibility index (Phi) is 4.56. The van der Waals surface area contributed by atoms with E-state index in [1.807, 2.05) is 47.3 Å². The zero-order chi connectivity index (χ0) is 19.6. The van der Waals surface area contributed by atoms with E-state index in [9.17, 15) is 4.79 Å². The van der Waals surface area contributed by atoms with E-state index in [1.54, 1.807) is 0 Å². The first kappa shape index (κ1) is 17.6. The normalized spacial score (nSPS) is 13.7. The number of carbonyl (C=O) groups is 1. The van der Waals surface area contributed by atoms with Crippen LogP contribution in [0.4, 0.5) is 5.69 Å². The summed E-state index contributed by atoms with van der Waals surface area (Å²) in [7, 11) is 0. The molecule has 1 aliphatic rings. The minimum atomic E-state index is 0.0174. The van der Waals surface area contributed by atoms with Crippen LogP contribution < -0.4 is 5.32 Å². The molecule has 146 valence electrons. The molecule has 1 amide bonds. The highest BCUT2D eigenvalue weighted by Gasteiger charge is 2.28. The number of anilines is 1. The lowest BCUT2D eigenvalue weighted by Gasteiger charge is -2.08. The van der Waals surface area contributed by atoms with Gasteiger partial charge in [-0.2, -0.15) is 0 Å². The summed E-state index contributed by atoms with van der Waals surface area (Å²) in [6.45, 7) is 0. The van der Waals surface area contributed by atoms with Crippen molar-refractivity contribution >= 4 is 22.5 Å². The number of fused-ring (bicyclic) bond motifs is 1. The Balaban J connectivity index is 1.20. The average Bonchev–Trinajstić information content (AvgIpc) is 3.32. The molecule has 7 heteroatoms. The molecule has 2 heterocycles. The van der Waals surface area contributed by atoms with Gasteiger partial charge in [0.2, 0.25) is 5.91 Å². The SMILES string of the molecule is O=C(CCCc1c[nH]c2ccccc12)Nc1cccc(-c2nnnn2C2CC2)c1. The van der Waals surface area contributed by atoms with Gasteiger partial charge in [-0.15, -0.1) is 5.10 Å². The van der Waals surface area contributed by atoms with Crippen LogP contribution in [0.25, 0.3) is 22.3 Å². The van der Waals surface area contributed by atoms with E-state index in [0.29, 0.717) is 12.5 Å². The standard InChI is InChI=1S/C22H22N6O/c29-21(10-4-6-16-14-23-20-9-2-1-8-19(16)20)24-17-7-3-5-15(13-17)22-25-26-27-28(22)18-11-12-18/h1-3,5,7-9,13-14,18,23H,4,6,10-12H2,(H,24,29). The second-order valence-corrected chi connectivity index (χ2v) is 7.52. The number of hydrogen-bond donors (Lipinski definition) is 2. The van der Waals surface area contributed by atoms with Crippen LogP contribution >= 0.6 is 0 Å². The van der Waals surface area contributed by atoms with E-state index in [2.05, 4.69) is 38.0 Å². The Bertz CT molecular complexity index is 1160. The first-order valence-corrected chi connectivity index (χ1v) is 10.0. The van der Waals surface area contributed by atoms with Crippen molar-refractivity contribution in [1.29, 1.82) is 0 Å². The maximum Gasteiger partial charge on any atom is 0.224 e. The maximum atomic E-state index is 12.4. The molecule has 1 fully saturated rings. The van der Waals surface area contributed by atoms with Crippen molar-refractivity contribution < 1.29 is 4.79 Å². The Hall–Kier alpha value is -3.48. The highest BCUT2D eigenvalue weighted by atomic mass is 16.1. The van der Waals surface area contributed by atoms with Gasteiger partial charge >= 0.3 is 0 Å². The first-order chi connectivity index (χ1) is 14.3. The number of nitrogens with zero attached hydrogens (tertiary/aromatic N) is 4. The largest absolute Gasteiger partial charge is 0.361 e. The number of para-hydroxylation sites is 1. The molecule has 4 aromatic rings. The molecule has 2 N–H and O–H groups in total. The maximum absolute atomic E-state index is 12.4. The summed E-state index contributed by atoms with van der Waals surface area (Å²) < 4.78 is 1.88. The second kappa shape index (κ2) is 7.50. The monoisotopic (exact) mass is 386 g/mol. The quantitative estimate of drug-likeness (QED) is 0.500. The molecule has 0 spiro atoms. The lowest BCUT2D eigenvalue weighted by molar-refractivity contribution is -0.116. The van der Waals surface area contributed by atoms with Gasteiger partial charge in [0.05, 0.1) is 6.04 Å². The van der Waals surface area contributed by atoms with Gasteiger partial charge in [0.25, 0.3) is 0 Å². The minimum absolute atomic E-state index is 0.0174. The van der Waals surface area contributed by atoms with Crippen LogP contribution in [0.3, 0.4) is 0 Å². The highest BCUT2D eigenvalue weighted by molar-refractivity contribution is 5.91. The summed E-state index contributed by atoms with van der Waals surface area (Å²) in [6.07, 6.45) is 6.41. The molecule has 1 aliphatic carbocycles. The molecule has 2 aromatic carbocycles. The van der Waals surface area contributed by atoms with Crippen LogP contribution in [0.2, 0.25) is 0 Å². The van der Waals surface area contributed by atoms with Crippen molar-refractivity contribution in [2.45, 2.75) is 38.1 Å². The van der Waals surface area contributed by atoms with Crippen molar-refractivity contribution in [2.24, 2.45) is 0 Å². The van der Waals surface area contributed by atoms with Crippen LogP contribution in [0.15, 0.2) is 54.7 Å². The predicted octanol–water partition coefficient (Wildman–Crippen LogP) is 4.12. The van der Waals surface area contributed by atoms with Gasteiger partial charge in [-0.1, -0.05) is 30.3 Å². The highest BCUT2D eigenvalue weighted by Crippen LogP contribution is 2.36. The number of hydrogen-bond acceptors (Lipinski definition) is 4. The molecule has 0 bridgehead atoms. The van der Waals surface area contributed by atoms with E-state index in [1.165, 1.54) is 10.9 Å². The number of H-pyrrole nitrogens is 1. The third kappa shape index (κ3) is 3.76. The number of carbonyl (C=O) groups excluding carboxylic acids is 1. The van der Waals surface area contributed by atoms with Crippen LogP contribution in [0.5, 0.6) is 0 Å². The molecule has 0 radical (unpaired) electrons. The van der Waals surface area contributed by atoms with Gasteiger partial charge in [-0.3, -0.25) is 4.79 Å². The fraction of sp³-hybridized carbons (Fsp3) is 0.273. The van der Waals surface area contributed by atoms with E-state index in [-0.39, 0.29) is 5.91 Å². The Morgan fingerprint density at radius 2 is 2.07 bits per heavy atom. The minimum Gasteiger partial charge on any atom is -0.361 e. The lowest BCUT2D eigenvalue weighted by Crippen LogP contribution is -2.11. The molecular weight excluding hydrogens is 364 g/mol. The van der Waals surface area contributed by atoms with Crippen molar-refractivity contribution in [2.75, 3.05) is 5.32 Å². The predicted molar refractivity (Wildman–Crippen MR) is 111 cm³/mol. The molecular formula is C22H22N6O. The van der Waals surface area contributed by atoms with Gasteiger partial charge in [0.1, 0.15) is 0 Å². The molecule has 29 heavy (non-hydrogen) atoms. The molecule has 0 saturated heterocycles. The number of aromatic nitrogens is 5. The van der Waals surface area contributed by atoms with Crippen LogP contribution in [0.1, 0.15) is 37.3 Å². The van der Waals surface area contributed by atoms with Crippen LogP contribution in [0, 0.1) is 0 Å². The Morgan fingerprint density at radius 3 is 2.97 bits per heavy atom. The number of rotatable bonds is 7. The summed E-state index contributed by atoms with van der Waals surface area (Å²) in [5, 5.41) is 16.3. The topological polar surface area (TPSA) is 88.5 Å². The molecule has 1 saturated carbocycles. The van der Waals surface area contributed by atoms with E-state index >= 15 is 0 Å². The summed E-state index contributed by atoms with van der Waals surface area (Å²) in [5.41, 5.74) is 4.07. The molecule has 0 aliphatic heterocycles. The summed E-state index contributed by atoms with van der Waals surface area (Å²) in [6, 6.07) is 16.4. The third-order valence-electron chi connectivity index (χ3n) is 5.31. The molecule has 2 aromatic heterocycles. The van der Waals surface area contributed by atoms with Crippen molar-refractivity contribution in [3.05, 3.63) is 60.3 Å². The summed E-state index contributed by atoms with van der Waals surface area (Å²) >= 11 is 0. The van der Waals surface area contributed by atoms with Crippen molar-refractivity contribution in [3.8, 4) is 11.4 Å². The molecule has 5 rings (SSSR count). The fourth-order valence-electron chi connectivity index (χ4n) is 3.69. The number of aromatic amines is 1. The number of amides is 1. The van der Waals surface area contributed by atoms with Gasteiger partial charge in [0.15, 0.2) is 5.82 Å². The summed E-state index contributed by atoms with van der Waals surface area (Å²) in [4.78, 5) is 15.7. The fourth-order valence-corrected chi connectivity index (χ4v) is 3.69. The number of benzene rings is 2. The lowest BCUT2D eigenvalue weighted by atomic mass is 10.1. The second-order valence-electron chi connectivity index (χ2n) is 7.52. The van der Waals surface area contributed by atoms with Crippen LogP contribution in [-0.2, 0) is 11.2 Å². The van der Waals surface area contributed by atoms with Gasteiger partial charge in [0, 0.05) is 34.8 Å². The molecule has 0 unspecified atom stereocenters. The zero-order valence-corrected chi connectivity index (χ0v) is 16.0. The van der Waals surface area contributed by atoms with E-state index in [4.69, 9.17) is 0 Å². The van der Waals surface area contributed by atoms with Crippen molar-refractivity contribution in [3.63, 3.8) is 0 Å². The van der Waals surface area contributed by atoms with Gasteiger partial charge in [-0.25, -0.2) is 4.68 Å². The van der Waals surface area contributed by atoms with Crippen LogP contribution in [-0.4, -0.2) is 31.1 Å². The molecule has 7 nitrogen and oxygen atoms in total. The van der Waals surface area contributed by atoms with Gasteiger partial charge in [-0.05, 0) is 59.9 Å². The molecule has 0 atom stereocenters. The van der Waals surface area contributed by atoms with E-state index < -0.39 is 0 Å². The average molecular weight is 386 g/mol. The van der Waals surface area contributed by atoms with Gasteiger partial charge < -0.3 is 10.3 Å². The van der Waals surface area contributed by atoms with E-state index in [0.717, 1.165) is 48.3 Å².